The highest BCUT2D eigenvalue weighted by Gasteiger charge is 2.24. The number of hydrogen-bond donors (Lipinski definition) is 2. The van der Waals surface area contributed by atoms with Crippen molar-refractivity contribution in [2.24, 2.45) is 5.92 Å². The van der Waals surface area contributed by atoms with Gasteiger partial charge in [0.25, 0.3) is 5.91 Å². The van der Waals surface area contributed by atoms with E-state index in [1.165, 1.54) is 29.5 Å². The standard InChI is InChI=1S/C22H31N3O2/c1-15(2)21(25-9-11-27-12-10-25)14-23-22(26)16-7-8-20-18(13-16)17-5-3-4-6-19(17)24-20/h7-8,13,15,21,24H,3-6,9-12,14H2,1-2H3,(H,23,26)/t21-/m1/s1. The average Bonchev–Trinajstić information content (AvgIpc) is 3.06. The van der Waals surface area contributed by atoms with Gasteiger partial charge in [0.05, 0.1) is 13.2 Å². The quantitative estimate of drug-likeness (QED) is 0.851. The molecule has 0 bridgehead atoms. The van der Waals surface area contributed by atoms with Crippen LogP contribution in [-0.2, 0) is 17.6 Å². The summed E-state index contributed by atoms with van der Waals surface area (Å²) in [5.74, 6) is 0.518. The van der Waals surface area contributed by atoms with Crippen LogP contribution < -0.4 is 5.32 Å². The van der Waals surface area contributed by atoms with E-state index in [0.29, 0.717) is 18.5 Å². The van der Waals surface area contributed by atoms with Crippen molar-refractivity contribution in [2.45, 2.75) is 45.6 Å². The van der Waals surface area contributed by atoms with Crippen molar-refractivity contribution in [3.63, 3.8) is 0 Å². The smallest absolute Gasteiger partial charge is 0.251 e. The molecule has 1 atom stereocenters. The van der Waals surface area contributed by atoms with Crippen molar-refractivity contribution in [1.82, 2.24) is 15.2 Å². The second kappa shape index (κ2) is 8.03. The minimum Gasteiger partial charge on any atom is -0.379 e. The first-order valence-electron chi connectivity index (χ1n) is 10.4. The summed E-state index contributed by atoms with van der Waals surface area (Å²) >= 11 is 0. The maximum absolute atomic E-state index is 12.8. The Bertz CT molecular complexity index is 805. The average molecular weight is 370 g/mol. The molecule has 27 heavy (non-hydrogen) atoms. The van der Waals surface area contributed by atoms with Crippen LogP contribution in [0.4, 0.5) is 0 Å². The number of H-pyrrole nitrogens is 1. The molecule has 146 valence electrons. The molecule has 1 aliphatic heterocycles. The first kappa shape index (κ1) is 18.5. The zero-order valence-electron chi connectivity index (χ0n) is 16.5. The number of ether oxygens (including phenoxy) is 1. The van der Waals surface area contributed by atoms with Crippen LogP contribution in [0.2, 0.25) is 0 Å². The van der Waals surface area contributed by atoms with Gasteiger partial charge in [0, 0.05) is 47.8 Å². The third kappa shape index (κ3) is 3.90. The van der Waals surface area contributed by atoms with E-state index < -0.39 is 0 Å². The van der Waals surface area contributed by atoms with Crippen molar-refractivity contribution in [3.8, 4) is 0 Å². The second-order valence-electron chi connectivity index (χ2n) is 8.22. The van der Waals surface area contributed by atoms with Gasteiger partial charge in [-0.3, -0.25) is 9.69 Å². The van der Waals surface area contributed by atoms with Crippen LogP contribution in [0.3, 0.4) is 0 Å². The zero-order valence-corrected chi connectivity index (χ0v) is 16.5. The molecule has 5 nitrogen and oxygen atoms in total. The van der Waals surface area contributed by atoms with E-state index in [4.69, 9.17) is 4.74 Å². The highest BCUT2D eigenvalue weighted by molar-refractivity contribution is 5.99. The Morgan fingerprint density at radius 2 is 2.00 bits per heavy atom. The van der Waals surface area contributed by atoms with Crippen LogP contribution in [0.25, 0.3) is 10.9 Å². The Hall–Kier alpha value is -1.85. The fraction of sp³-hybridized carbons (Fsp3) is 0.591. The molecule has 0 radical (unpaired) electrons. The number of nitrogens with zero attached hydrogens (tertiary/aromatic N) is 1. The van der Waals surface area contributed by atoms with E-state index >= 15 is 0 Å². The summed E-state index contributed by atoms with van der Waals surface area (Å²) < 4.78 is 5.47. The number of aromatic amines is 1. The fourth-order valence-corrected chi connectivity index (χ4v) is 4.54. The lowest BCUT2D eigenvalue weighted by molar-refractivity contribution is 0.00673. The van der Waals surface area contributed by atoms with Gasteiger partial charge in [-0.1, -0.05) is 13.8 Å². The van der Waals surface area contributed by atoms with Gasteiger partial charge in [-0.15, -0.1) is 0 Å². The van der Waals surface area contributed by atoms with Crippen LogP contribution >= 0.6 is 0 Å². The number of amides is 1. The van der Waals surface area contributed by atoms with Gasteiger partial charge in [-0.2, -0.15) is 0 Å². The number of benzene rings is 1. The number of nitrogens with one attached hydrogen (secondary N) is 2. The largest absolute Gasteiger partial charge is 0.379 e. The van der Waals surface area contributed by atoms with Crippen LogP contribution in [0, 0.1) is 5.92 Å². The maximum Gasteiger partial charge on any atom is 0.251 e. The van der Waals surface area contributed by atoms with Crippen molar-refractivity contribution in [3.05, 3.63) is 35.0 Å². The molecule has 0 saturated carbocycles. The van der Waals surface area contributed by atoms with E-state index in [-0.39, 0.29) is 5.91 Å². The molecular formula is C22H31N3O2. The molecule has 1 aliphatic carbocycles. The van der Waals surface area contributed by atoms with E-state index in [0.717, 1.165) is 50.2 Å². The van der Waals surface area contributed by atoms with Gasteiger partial charge in [0.2, 0.25) is 0 Å². The van der Waals surface area contributed by atoms with Crippen molar-refractivity contribution < 1.29 is 9.53 Å². The van der Waals surface area contributed by atoms with E-state index in [9.17, 15) is 4.79 Å². The summed E-state index contributed by atoms with van der Waals surface area (Å²) in [6.07, 6.45) is 4.74. The number of aryl methyl sites for hydroxylation is 2. The Kier molecular flexibility index (Phi) is 5.50. The monoisotopic (exact) mass is 369 g/mol. The molecule has 1 aromatic carbocycles. The number of carbonyl (C=O) groups is 1. The normalized spacial score (nSPS) is 19.2. The van der Waals surface area contributed by atoms with Gasteiger partial charge < -0.3 is 15.0 Å². The maximum atomic E-state index is 12.8. The number of fused-ring (bicyclic) bond motifs is 3. The summed E-state index contributed by atoms with van der Waals surface area (Å²) in [6.45, 7) is 8.59. The molecular weight excluding hydrogens is 338 g/mol. The molecule has 5 heteroatoms. The SMILES string of the molecule is CC(C)[C@@H](CNC(=O)c1ccc2[nH]c3c(c2c1)CCCC3)N1CCOCC1. The first-order valence-corrected chi connectivity index (χ1v) is 10.4. The summed E-state index contributed by atoms with van der Waals surface area (Å²) in [7, 11) is 0. The molecule has 1 amide bonds. The van der Waals surface area contributed by atoms with Crippen LogP contribution in [0.1, 0.15) is 48.3 Å². The van der Waals surface area contributed by atoms with Gasteiger partial charge in [0.15, 0.2) is 0 Å². The number of rotatable bonds is 5. The summed E-state index contributed by atoms with van der Waals surface area (Å²) in [6, 6.07) is 6.43. The van der Waals surface area contributed by atoms with Gasteiger partial charge >= 0.3 is 0 Å². The molecule has 0 spiro atoms. The molecule has 2 aromatic rings. The Morgan fingerprint density at radius 3 is 2.78 bits per heavy atom. The molecule has 2 aliphatic rings. The molecule has 2 heterocycles. The topological polar surface area (TPSA) is 57.4 Å². The lowest BCUT2D eigenvalue weighted by Gasteiger charge is -2.36. The van der Waals surface area contributed by atoms with Crippen LogP contribution in [0.5, 0.6) is 0 Å². The molecule has 1 aromatic heterocycles. The minimum absolute atomic E-state index is 0.0292. The number of aromatic nitrogens is 1. The summed E-state index contributed by atoms with van der Waals surface area (Å²) in [4.78, 5) is 18.8. The highest BCUT2D eigenvalue weighted by atomic mass is 16.5. The van der Waals surface area contributed by atoms with Gasteiger partial charge in [0.1, 0.15) is 0 Å². The van der Waals surface area contributed by atoms with Crippen LogP contribution in [-0.4, -0.2) is 54.7 Å². The van der Waals surface area contributed by atoms with Gasteiger partial charge in [-0.05, 0) is 55.4 Å². The van der Waals surface area contributed by atoms with Crippen LogP contribution in [0.15, 0.2) is 18.2 Å². The lowest BCUT2D eigenvalue weighted by atomic mass is 9.95. The Balaban J connectivity index is 1.47. The number of carbonyl (C=O) groups excluding carboxylic acids is 1. The lowest BCUT2D eigenvalue weighted by Crippen LogP contribution is -2.51. The fourth-order valence-electron chi connectivity index (χ4n) is 4.54. The minimum atomic E-state index is 0.0292. The van der Waals surface area contributed by atoms with Crippen molar-refractivity contribution in [1.29, 1.82) is 0 Å². The van der Waals surface area contributed by atoms with Crippen molar-refractivity contribution in [2.75, 3.05) is 32.8 Å². The first-order chi connectivity index (χ1) is 13.1. The predicted molar refractivity (Wildman–Crippen MR) is 108 cm³/mol. The number of morpholine rings is 1. The third-order valence-corrected chi connectivity index (χ3v) is 6.12. The molecule has 4 rings (SSSR count). The zero-order chi connectivity index (χ0) is 18.8. The Morgan fingerprint density at radius 1 is 1.22 bits per heavy atom. The highest BCUT2D eigenvalue weighted by Crippen LogP contribution is 2.29. The number of hydrogen-bond acceptors (Lipinski definition) is 3. The van der Waals surface area contributed by atoms with E-state index in [2.05, 4.69) is 41.2 Å². The van der Waals surface area contributed by atoms with Gasteiger partial charge in [-0.25, -0.2) is 0 Å². The molecule has 1 fully saturated rings. The molecule has 2 N–H and O–H groups in total. The molecule has 0 unspecified atom stereocenters. The summed E-state index contributed by atoms with van der Waals surface area (Å²) in [5.41, 5.74) is 4.70. The third-order valence-electron chi connectivity index (χ3n) is 6.12. The second-order valence-corrected chi connectivity index (χ2v) is 8.22. The molecule has 1 saturated heterocycles. The van der Waals surface area contributed by atoms with Crippen molar-refractivity contribution >= 4 is 16.8 Å². The predicted octanol–water partition coefficient (Wildman–Crippen LogP) is 3.13. The van der Waals surface area contributed by atoms with E-state index in [1.54, 1.807) is 0 Å². The Labute approximate surface area is 161 Å². The van der Waals surface area contributed by atoms with E-state index in [1.807, 2.05) is 6.07 Å². The summed E-state index contributed by atoms with van der Waals surface area (Å²) in [5, 5.41) is 4.41.